The van der Waals surface area contributed by atoms with Gasteiger partial charge in [-0.2, -0.15) is 13.2 Å². The van der Waals surface area contributed by atoms with Crippen molar-refractivity contribution in [3.8, 4) is 10.7 Å². The molecule has 142 valence electrons. The maximum atomic E-state index is 12.5. The van der Waals surface area contributed by atoms with Crippen LogP contribution >= 0.6 is 11.3 Å². The summed E-state index contributed by atoms with van der Waals surface area (Å²) in [5.41, 5.74) is -1.03. The molecule has 0 saturated heterocycles. The molecule has 3 rings (SSSR count). The standard InChI is InChI=1S/C17H15F3N4O2S/c1-23-14(13-3-2-10-27-13)22-24(16(23)26)9-8-21-15(25)11-4-6-12(7-5-11)17(18,19)20/h2-7,10H,8-9H2,1H3,(H,21,25). The molecule has 3 aromatic rings. The average molecular weight is 396 g/mol. The second-order valence-corrected chi connectivity index (χ2v) is 6.64. The van der Waals surface area contributed by atoms with Crippen molar-refractivity contribution >= 4 is 17.2 Å². The Balaban J connectivity index is 1.62. The lowest BCUT2D eigenvalue weighted by Crippen LogP contribution is -2.31. The molecule has 0 spiro atoms. The van der Waals surface area contributed by atoms with Crippen LogP contribution in [0, 0.1) is 0 Å². The smallest absolute Gasteiger partial charge is 0.350 e. The van der Waals surface area contributed by atoms with E-state index in [4.69, 9.17) is 0 Å². The summed E-state index contributed by atoms with van der Waals surface area (Å²) in [5.74, 6) is 0.00949. The van der Waals surface area contributed by atoms with Gasteiger partial charge in [-0.25, -0.2) is 9.48 Å². The highest BCUT2D eigenvalue weighted by Crippen LogP contribution is 2.29. The van der Waals surface area contributed by atoms with Gasteiger partial charge in [-0.05, 0) is 35.7 Å². The van der Waals surface area contributed by atoms with E-state index in [1.807, 2.05) is 17.5 Å². The Morgan fingerprint density at radius 1 is 1.22 bits per heavy atom. The minimum Gasteiger partial charge on any atom is -0.350 e. The van der Waals surface area contributed by atoms with Crippen LogP contribution in [0.1, 0.15) is 15.9 Å². The molecule has 1 amide bonds. The van der Waals surface area contributed by atoms with Crippen LogP contribution in [0.2, 0.25) is 0 Å². The zero-order valence-electron chi connectivity index (χ0n) is 14.2. The van der Waals surface area contributed by atoms with Gasteiger partial charge in [-0.1, -0.05) is 6.07 Å². The van der Waals surface area contributed by atoms with Crippen LogP contribution < -0.4 is 11.0 Å². The number of carbonyl (C=O) groups excluding carboxylic acids is 1. The van der Waals surface area contributed by atoms with Crippen LogP contribution in [0.5, 0.6) is 0 Å². The number of nitrogens with one attached hydrogen (secondary N) is 1. The molecule has 0 aliphatic rings. The molecule has 0 aliphatic heterocycles. The predicted molar refractivity (Wildman–Crippen MR) is 94.6 cm³/mol. The highest BCUT2D eigenvalue weighted by atomic mass is 32.1. The number of hydrogen-bond donors (Lipinski definition) is 1. The maximum absolute atomic E-state index is 12.5. The molecule has 6 nitrogen and oxygen atoms in total. The minimum absolute atomic E-state index is 0.107. The third kappa shape index (κ3) is 4.11. The van der Waals surface area contributed by atoms with Crippen molar-refractivity contribution in [1.82, 2.24) is 19.7 Å². The van der Waals surface area contributed by atoms with Gasteiger partial charge in [0.25, 0.3) is 5.91 Å². The van der Waals surface area contributed by atoms with Crippen LogP contribution in [0.4, 0.5) is 13.2 Å². The van der Waals surface area contributed by atoms with Crippen molar-refractivity contribution in [2.24, 2.45) is 7.05 Å². The first-order chi connectivity index (χ1) is 12.8. The quantitative estimate of drug-likeness (QED) is 0.721. The number of hydrogen-bond acceptors (Lipinski definition) is 4. The lowest BCUT2D eigenvalue weighted by Gasteiger charge is -2.08. The molecule has 1 aromatic carbocycles. The highest BCUT2D eigenvalue weighted by molar-refractivity contribution is 7.13. The second-order valence-electron chi connectivity index (χ2n) is 5.70. The number of halogens is 3. The molecule has 2 heterocycles. The summed E-state index contributed by atoms with van der Waals surface area (Å²) in [6, 6.07) is 7.63. The third-order valence-corrected chi connectivity index (χ3v) is 4.73. The summed E-state index contributed by atoms with van der Waals surface area (Å²) >= 11 is 1.46. The Morgan fingerprint density at radius 3 is 2.52 bits per heavy atom. The fourth-order valence-corrected chi connectivity index (χ4v) is 3.19. The molecular formula is C17H15F3N4O2S. The van der Waals surface area contributed by atoms with Crippen LogP contribution in [0.25, 0.3) is 10.7 Å². The Bertz CT molecular complexity index is 989. The fraction of sp³-hybridized carbons (Fsp3) is 0.235. The monoisotopic (exact) mass is 396 g/mol. The summed E-state index contributed by atoms with van der Waals surface area (Å²) in [6.07, 6.45) is -4.45. The molecule has 0 aliphatic carbocycles. The zero-order chi connectivity index (χ0) is 19.6. The van der Waals surface area contributed by atoms with Crippen molar-refractivity contribution in [3.63, 3.8) is 0 Å². The number of benzene rings is 1. The number of rotatable bonds is 5. The van der Waals surface area contributed by atoms with Gasteiger partial charge >= 0.3 is 11.9 Å². The first-order valence-electron chi connectivity index (χ1n) is 7.90. The van der Waals surface area contributed by atoms with E-state index in [-0.39, 0.29) is 24.3 Å². The normalized spacial score (nSPS) is 11.6. The van der Waals surface area contributed by atoms with E-state index in [9.17, 15) is 22.8 Å². The van der Waals surface area contributed by atoms with Crippen LogP contribution in [0.3, 0.4) is 0 Å². The van der Waals surface area contributed by atoms with E-state index in [2.05, 4.69) is 10.4 Å². The molecule has 0 fully saturated rings. The first kappa shape index (κ1) is 18.9. The van der Waals surface area contributed by atoms with Gasteiger partial charge in [0.2, 0.25) is 0 Å². The fourth-order valence-electron chi connectivity index (χ4n) is 2.44. The molecular weight excluding hydrogens is 381 g/mol. The number of alkyl halides is 3. The van der Waals surface area contributed by atoms with E-state index in [1.54, 1.807) is 7.05 Å². The Morgan fingerprint density at radius 2 is 1.93 bits per heavy atom. The summed E-state index contributed by atoms with van der Waals surface area (Å²) in [7, 11) is 1.61. The summed E-state index contributed by atoms with van der Waals surface area (Å²) < 4.78 is 40.3. The number of carbonyl (C=O) groups is 1. The van der Waals surface area contributed by atoms with Crippen molar-refractivity contribution in [3.05, 3.63) is 63.4 Å². The Hall–Kier alpha value is -2.88. The molecule has 1 N–H and O–H groups in total. The van der Waals surface area contributed by atoms with E-state index in [1.165, 1.54) is 20.6 Å². The Labute approximate surface area is 155 Å². The minimum atomic E-state index is -4.45. The summed E-state index contributed by atoms with van der Waals surface area (Å²) in [4.78, 5) is 25.1. The predicted octanol–water partition coefficient (Wildman–Crippen LogP) is 2.76. The average Bonchev–Trinajstić information content (AvgIpc) is 3.25. The zero-order valence-corrected chi connectivity index (χ0v) is 15.0. The van der Waals surface area contributed by atoms with Crippen molar-refractivity contribution < 1.29 is 18.0 Å². The number of nitrogens with zero attached hydrogens (tertiary/aromatic N) is 3. The molecule has 0 radical (unpaired) electrons. The summed E-state index contributed by atoms with van der Waals surface area (Å²) in [6.45, 7) is 0.255. The van der Waals surface area contributed by atoms with E-state index in [0.717, 1.165) is 29.1 Å². The van der Waals surface area contributed by atoms with Crippen molar-refractivity contribution in [2.75, 3.05) is 6.54 Å². The van der Waals surface area contributed by atoms with Crippen LogP contribution in [0.15, 0.2) is 46.6 Å². The van der Waals surface area contributed by atoms with Gasteiger partial charge in [0.1, 0.15) is 0 Å². The topological polar surface area (TPSA) is 68.9 Å². The van der Waals surface area contributed by atoms with Gasteiger partial charge in [-0.3, -0.25) is 9.36 Å². The van der Waals surface area contributed by atoms with Gasteiger partial charge < -0.3 is 5.32 Å². The van der Waals surface area contributed by atoms with Gasteiger partial charge in [0.15, 0.2) is 5.82 Å². The van der Waals surface area contributed by atoms with Crippen molar-refractivity contribution in [2.45, 2.75) is 12.7 Å². The molecule has 2 aromatic heterocycles. The van der Waals surface area contributed by atoms with E-state index >= 15 is 0 Å². The summed E-state index contributed by atoms with van der Waals surface area (Å²) in [5, 5.41) is 8.71. The van der Waals surface area contributed by atoms with E-state index < -0.39 is 17.6 Å². The molecule has 0 bridgehead atoms. The number of thiophene rings is 1. The number of aromatic nitrogens is 3. The van der Waals surface area contributed by atoms with Crippen LogP contribution in [-0.2, 0) is 19.8 Å². The number of amides is 1. The van der Waals surface area contributed by atoms with Crippen LogP contribution in [-0.4, -0.2) is 26.8 Å². The molecule has 10 heteroatoms. The second kappa shape index (κ2) is 7.39. The largest absolute Gasteiger partial charge is 0.416 e. The third-order valence-electron chi connectivity index (χ3n) is 3.87. The highest BCUT2D eigenvalue weighted by Gasteiger charge is 2.30. The van der Waals surface area contributed by atoms with Gasteiger partial charge in [0, 0.05) is 19.2 Å². The molecule has 0 saturated carbocycles. The van der Waals surface area contributed by atoms with Gasteiger partial charge in [0.05, 0.1) is 17.0 Å². The first-order valence-corrected chi connectivity index (χ1v) is 8.78. The Kier molecular flexibility index (Phi) is 5.17. The molecule has 27 heavy (non-hydrogen) atoms. The molecule has 0 unspecified atom stereocenters. The maximum Gasteiger partial charge on any atom is 0.416 e. The lowest BCUT2D eigenvalue weighted by atomic mass is 10.1. The van der Waals surface area contributed by atoms with Gasteiger partial charge in [-0.15, -0.1) is 16.4 Å². The van der Waals surface area contributed by atoms with Crippen molar-refractivity contribution in [1.29, 1.82) is 0 Å². The SMILES string of the molecule is Cn1c(-c2cccs2)nn(CCNC(=O)c2ccc(C(F)(F)F)cc2)c1=O. The lowest BCUT2D eigenvalue weighted by molar-refractivity contribution is -0.137. The molecule has 0 atom stereocenters. The van der Waals surface area contributed by atoms with E-state index in [0.29, 0.717) is 5.82 Å².